The standard InChI is InChI=1S/C12H14N2S2/c1-9(13)12(11-3-2-8-15-11)16-10-4-6-14-7-5-10/h2-9,12H,13H2,1H3. The molecule has 0 aromatic carbocycles. The number of thioether (sulfide) groups is 1. The van der Waals surface area contributed by atoms with Gasteiger partial charge in [0.2, 0.25) is 0 Å². The molecule has 2 N–H and O–H groups in total. The fourth-order valence-electron chi connectivity index (χ4n) is 1.44. The van der Waals surface area contributed by atoms with E-state index in [4.69, 9.17) is 5.73 Å². The highest BCUT2D eigenvalue weighted by molar-refractivity contribution is 7.99. The van der Waals surface area contributed by atoms with Gasteiger partial charge in [0.05, 0.1) is 5.25 Å². The number of nitrogens with zero attached hydrogens (tertiary/aromatic N) is 1. The van der Waals surface area contributed by atoms with Crippen molar-refractivity contribution in [3.8, 4) is 0 Å². The summed E-state index contributed by atoms with van der Waals surface area (Å²) in [5, 5.41) is 2.42. The molecule has 0 aliphatic rings. The van der Waals surface area contributed by atoms with Crippen molar-refractivity contribution < 1.29 is 0 Å². The SMILES string of the molecule is CC(N)C(Sc1ccncc1)c1cccs1. The van der Waals surface area contributed by atoms with Gasteiger partial charge in [-0.1, -0.05) is 6.07 Å². The number of hydrogen-bond donors (Lipinski definition) is 1. The minimum atomic E-state index is 0.136. The van der Waals surface area contributed by atoms with Crippen LogP contribution in [0.1, 0.15) is 17.1 Å². The molecule has 2 aromatic rings. The number of hydrogen-bond acceptors (Lipinski definition) is 4. The summed E-state index contributed by atoms with van der Waals surface area (Å²) in [5.41, 5.74) is 6.05. The molecule has 2 heterocycles. The highest BCUT2D eigenvalue weighted by atomic mass is 32.2. The first-order chi connectivity index (χ1) is 7.77. The van der Waals surface area contributed by atoms with Gasteiger partial charge in [-0.2, -0.15) is 0 Å². The molecule has 0 aliphatic heterocycles. The van der Waals surface area contributed by atoms with Crippen LogP contribution in [0.5, 0.6) is 0 Å². The summed E-state index contributed by atoms with van der Waals surface area (Å²) in [6.45, 7) is 2.05. The number of aromatic nitrogens is 1. The number of pyridine rings is 1. The Morgan fingerprint density at radius 3 is 2.62 bits per heavy atom. The van der Waals surface area contributed by atoms with Crippen molar-refractivity contribution in [2.45, 2.75) is 23.1 Å². The van der Waals surface area contributed by atoms with Gasteiger partial charge < -0.3 is 5.73 Å². The van der Waals surface area contributed by atoms with Crippen LogP contribution >= 0.6 is 23.1 Å². The van der Waals surface area contributed by atoms with Crippen LogP contribution < -0.4 is 5.73 Å². The van der Waals surface area contributed by atoms with Crippen LogP contribution in [-0.2, 0) is 0 Å². The maximum Gasteiger partial charge on any atom is 0.0586 e. The van der Waals surface area contributed by atoms with Crippen LogP contribution in [0.25, 0.3) is 0 Å². The second-order valence-electron chi connectivity index (χ2n) is 3.60. The van der Waals surface area contributed by atoms with Crippen molar-refractivity contribution in [1.82, 2.24) is 4.98 Å². The second-order valence-corrected chi connectivity index (χ2v) is 5.79. The Labute approximate surface area is 104 Å². The maximum atomic E-state index is 6.05. The Kier molecular flexibility index (Phi) is 3.98. The lowest BCUT2D eigenvalue weighted by Gasteiger charge is -2.18. The molecule has 0 aliphatic carbocycles. The van der Waals surface area contributed by atoms with E-state index < -0.39 is 0 Å². The van der Waals surface area contributed by atoms with Gasteiger partial charge in [-0.05, 0) is 30.5 Å². The fourth-order valence-corrected chi connectivity index (χ4v) is 3.55. The third-order valence-corrected chi connectivity index (χ3v) is 4.80. The molecular formula is C12H14N2S2. The first kappa shape index (κ1) is 11.6. The van der Waals surface area contributed by atoms with Crippen molar-refractivity contribution in [3.05, 3.63) is 46.9 Å². The molecule has 0 saturated heterocycles. The molecule has 2 unspecified atom stereocenters. The van der Waals surface area contributed by atoms with E-state index in [1.165, 1.54) is 9.77 Å². The number of nitrogens with two attached hydrogens (primary N) is 1. The van der Waals surface area contributed by atoms with Gasteiger partial charge in [0, 0.05) is 28.2 Å². The summed E-state index contributed by atoms with van der Waals surface area (Å²) in [7, 11) is 0. The van der Waals surface area contributed by atoms with Crippen molar-refractivity contribution in [2.75, 3.05) is 0 Å². The Morgan fingerprint density at radius 1 is 1.31 bits per heavy atom. The smallest absolute Gasteiger partial charge is 0.0586 e. The molecule has 2 rings (SSSR count). The summed E-state index contributed by atoms with van der Waals surface area (Å²) in [5.74, 6) is 0. The van der Waals surface area contributed by atoms with Crippen molar-refractivity contribution in [3.63, 3.8) is 0 Å². The van der Waals surface area contributed by atoms with E-state index in [1.54, 1.807) is 23.1 Å². The molecule has 0 saturated carbocycles. The number of thiophene rings is 1. The Morgan fingerprint density at radius 2 is 2.06 bits per heavy atom. The van der Waals surface area contributed by atoms with Gasteiger partial charge in [0.25, 0.3) is 0 Å². The van der Waals surface area contributed by atoms with E-state index in [9.17, 15) is 0 Å². The third-order valence-electron chi connectivity index (χ3n) is 2.21. The first-order valence-corrected chi connectivity index (χ1v) is 6.89. The van der Waals surface area contributed by atoms with Crippen molar-refractivity contribution in [1.29, 1.82) is 0 Å². The molecule has 2 nitrogen and oxygen atoms in total. The highest BCUT2D eigenvalue weighted by Gasteiger charge is 2.18. The van der Waals surface area contributed by atoms with Gasteiger partial charge in [0.1, 0.15) is 0 Å². The average molecular weight is 250 g/mol. The predicted molar refractivity (Wildman–Crippen MR) is 70.8 cm³/mol. The Balaban J connectivity index is 2.16. The quantitative estimate of drug-likeness (QED) is 0.846. The molecule has 0 radical (unpaired) electrons. The molecule has 16 heavy (non-hydrogen) atoms. The third kappa shape index (κ3) is 2.84. The normalized spacial score (nSPS) is 14.6. The predicted octanol–water partition coefficient (Wildman–Crippen LogP) is 3.32. The molecule has 2 aromatic heterocycles. The lowest BCUT2D eigenvalue weighted by molar-refractivity contribution is 0.730. The fraction of sp³-hybridized carbons (Fsp3) is 0.250. The molecule has 0 amide bonds. The lowest BCUT2D eigenvalue weighted by Crippen LogP contribution is -2.21. The molecule has 84 valence electrons. The summed E-state index contributed by atoms with van der Waals surface area (Å²) < 4.78 is 0. The van der Waals surface area contributed by atoms with Gasteiger partial charge in [-0.3, -0.25) is 4.98 Å². The van der Waals surface area contributed by atoms with Crippen LogP contribution in [0.4, 0.5) is 0 Å². The van der Waals surface area contributed by atoms with E-state index >= 15 is 0 Å². The Hall–Kier alpha value is -0.840. The summed E-state index contributed by atoms with van der Waals surface area (Å²) in [6, 6.07) is 8.40. The summed E-state index contributed by atoms with van der Waals surface area (Å²) in [4.78, 5) is 6.56. The van der Waals surface area contributed by atoms with Gasteiger partial charge >= 0.3 is 0 Å². The zero-order valence-electron chi connectivity index (χ0n) is 9.04. The van der Waals surface area contributed by atoms with E-state index in [0.717, 1.165) is 0 Å². The van der Waals surface area contributed by atoms with E-state index in [0.29, 0.717) is 5.25 Å². The van der Waals surface area contributed by atoms with Crippen LogP contribution in [0.3, 0.4) is 0 Å². The molecule has 0 spiro atoms. The van der Waals surface area contributed by atoms with E-state index in [-0.39, 0.29) is 6.04 Å². The Bertz CT molecular complexity index is 412. The average Bonchev–Trinajstić information content (AvgIpc) is 2.80. The van der Waals surface area contributed by atoms with Crippen LogP contribution in [-0.4, -0.2) is 11.0 Å². The summed E-state index contributed by atoms with van der Waals surface area (Å²) >= 11 is 3.56. The largest absolute Gasteiger partial charge is 0.327 e. The molecule has 0 bridgehead atoms. The van der Waals surface area contributed by atoms with Crippen LogP contribution in [0, 0.1) is 0 Å². The minimum absolute atomic E-state index is 0.136. The molecule has 2 atom stereocenters. The topological polar surface area (TPSA) is 38.9 Å². The first-order valence-electron chi connectivity index (χ1n) is 5.13. The molecular weight excluding hydrogens is 236 g/mol. The van der Waals surface area contributed by atoms with Crippen LogP contribution in [0.15, 0.2) is 46.9 Å². The minimum Gasteiger partial charge on any atom is -0.327 e. The van der Waals surface area contributed by atoms with Gasteiger partial charge in [0.15, 0.2) is 0 Å². The van der Waals surface area contributed by atoms with Gasteiger partial charge in [-0.15, -0.1) is 23.1 Å². The molecule has 4 heteroatoms. The lowest BCUT2D eigenvalue weighted by atomic mass is 10.2. The molecule has 0 fully saturated rings. The maximum absolute atomic E-state index is 6.05. The second kappa shape index (κ2) is 5.48. The highest BCUT2D eigenvalue weighted by Crippen LogP contribution is 2.38. The van der Waals surface area contributed by atoms with E-state index in [1.807, 2.05) is 24.5 Å². The monoisotopic (exact) mass is 250 g/mol. The van der Waals surface area contributed by atoms with E-state index in [2.05, 4.69) is 29.4 Å². The number of rotatable bonds is 4. The van der Waals surface area contributed by atoms with Crippen LogP contribution in [0.2, 0.25) is 0 Å². The zero-order chi connectivity index (χ0) is 11.4. The van der Waals surface area contributed by atoms with Gasteiger partial charge in [-0.25, -0.2) is 0 Å². The van der Waals surface area contributed by atoms with Crippen molar-refractivity contribution in [2.24, 2.45) is 5.73 Å². The zero-order valence-corrected chi connectivity index (χ0v) is 10.7. The van der Waals surface area contributed by atoms with Crippen molar-refractivity contribution >= 4 is 23.1 Å². The summed E-state index contributed by atoms with van der Waals surface area (Å²) in [6.07, 6.45) is 3.63.